The molecule has 0 unspecified atom stereocenters. The van der Waals surface area contributed by atoms with E-state index in [9.17, 15) is 0 Å². The number of hydrogen-bond acceptors (Lipinski definition) is 2. The van der Waals surface area contributed by atoms with Crippen LogP contribution in [0.15, 0.2) is 214 Å². The monoisotopic (exact) mass is 732 g/mol. The molecule has 5 nitrogen and oxygen atoms in total. The number of fused-ring (bicyclic) bond motifs is 6. The van der Waals surface area contributed by atoms with Crippen LogP contribution < -0.4 is 0 Å². The van der Waals surface area contributed by atoms with Gasteiger partial charge in [0.1, 0.15) is 11.2 Å². The Hall–Kier alpha value is -7.63. The number of nitrogens with zero attached hydrogens (tertiary/aromatic N) is 4. The first-order valence-electron chi connectivity index (χ1n) is 19.1. The molecule has 0 aliphatic heterocycles. The van der Waals surface area contributed by atoms with Gasteiger partial charge in [-0.05, 0) is 83.1 Å². The van der Waals surface area contributed by atoms with E-state index in [1.807, 2.05) is 60.7 Å². The van der Waals surface area contributed by atoms with Gasteiger partial charge in [-0.2, -0.15) is 0 Å². The number of furan rings is 1. The average molecular weight is 733 g/mol. The summed E-state index contributed by atoms with van der Waals surface area (Å²) in [6.07, 6.45) is 0. The van der Waals surface area contributed by atoms with Crippen LogP contribution in [0.25, 0.3) is 71.7 Å². The number of aromatic nitrogens is 1. The lowest BCUT2D eigenvalue weighted by atomic mass is 10.0. The van der Waals surface area contributed by atoms with Gasteiger partial charge in [0.2, 0.25) is 0 Å². The Bertz CT molecular complexity index is 3160. The molecular formula is C52H36N4O. The average Bonchev–Trinajstić information content (AvgIpc) is 3.82. The number of hydrogen-bond donors (Lipinski definition) is 0. The van der Waals surface area contributed by atoms with Gasteiger partial charge in [0.05, 0.1) is 17.6 Å². The summed E-state index contributed by atoms with van der Waals surface area (Å²) in [5.41, 5.74) is 12.5. The first kappa shape index (κ1) is 33.9. The molecule has 0 aliphatic carbocycles. The summed E-state index contributed by atoms with van der Waals surface area (Å²) in [4.78, 5) is 14.4. The normalized spacial score (nSPS) is 12.2. The summed E-state index contributed by atoms with van der Waals surface area (Å²) in [6, 6.07) is 67.4. The van der Waals surface area contributed by atoms with Crippen molar-refractivity contribution in [1.82, 2.24) is 4.57 Å². The molecule has 0 aliphatic rings. The summed E-state index contributed by atoms with van der Waals surface area (Å²) in [5, 5.41) is 4.58. The molecule has 0 atom stereocenters. The quantitative estimate of drug-likeness (QED) is 0.119. The van der Waals surface area contributed by atoms with E-state index in [0.29, 0.717) is 18.2 Å². The second-order valence-corrected chi connectivity index (χ2v) is 14.1. The molecule has 5 heteroatoms. The standard InChI is InChI=1S/C52H36N4O/c1-53-51(38-18-9-4-10-19-38)55-52(41-21-13-20-39(31-41)36-14-5-2-6-15-36)54-34-35-24-27-44-46-33-42(26-29-49(46)57-50(44)30-35)56-47-23-12-11-22-43(47)45-32-40(25-28-48(45)56)37-16-7-3-8-17-37/h2-33H,1,34H2/b54-52-,55-51-. The molecule has 57 heavy (non-hydrogen) atoms. The Labute approximate surface area is 330 Å². The van der Waals surface area contributed by atoms with E-state index in [1.165, 1.54) is 27.4 Å². The molecule has 0 bridgehead atoms. The van der Waals surface area contributed by atoms with Gasteiger partial charge in [-0.15, -0.1) is 0 Å². The SMILES string of the molecule is C=N/C(=N\C(=N/Cc1ccc2c(c1)oc1ccc(-n3c4ccccc4c4cc(-c5ccccc5)ccc43)cc12)c1cccc(-c2ccccc2)c1)c1ccccc1. The van der Waals surface area contributed by atoms with E-state index in [2.05, 4.69) is 150 Å². The Kier molecular flexibility index (Phi) is 8.65. The van der Waals surface area contributed by atoms with Gasteiger partial charge >= 0.3 is 0 Å². The van der Waals surface area contributed by atoms with Crippen LogP contribution in [0.3, 0.4) is 0 Å². The summed E-state index contributed by atoms with van der Waals surface area (Å²) in [7, 11) is 0. The van der Waals surface area contributed by atoms with Gasteiger partial charge < -0.3 is 8.98 Å². The van der Waals surface area contributed by atoms with Crippen molar-refractivity contribution in [2.75, 3.05) is 0 Å². The number of benzene rings is 8. The minimum atomic E-state index is 0.401. The van der Waals surface area contributed by atoms with Crippen LogP contribution in [0.1, 0.15) is 16.7 Å². The summed E-state index contributed by atoms with van der Waals surface area (Å²) < 4.78 is 8.85. The largest absolute Gasteiger partial charge is 0.456 e. The Balaban J connectivity index is 1.03. The van der Waals surface area contributed by atoms with Gasteiger partial charge in [-0.25, -0.2) is 9.98 Å². The van der Waals surface area contributed by atoms with E-state index in [1.54, 1.807) is 0 Å². The Morgan fingerprint density at radius 1 is 0.456 bits per heavy atom. The van der Waals surface area contributed by atoms with Crippen molar-refractivity contribution < 1.29 is 4.42 Å². The predicted octanol–water partition coefficient (Wildman–Crippen LogP) is 13.1. The molecule has 270 valence electrons. The van der Waals surface area contributed by atoms with Crippen LogP contribution >= 0.6 is 0 Å². The number of aliphatic imine (C=N–C) groups is 3. The molecule has 8 aromatic carbocycles. The lowest BCUT2D eigenvalue weighted by molar-refractivity contribution is 0.668. The minimum Gasteiger partial charge on any atom is -0.456 e. The second kappa shape index (κ2) is 14.5. The highest BCUT2D eigenvalue weighted by Gasteiger charge is 2.16. The zero-order chi connectivity index (χ0) is 38.1. The van der Waals surface area contributed by atoms with Crippen molar-refractivity contribution in [3.05, 3.63) is 211 Å². The topological polar surface area (TPSA) is 55.1 Å². The second-order valence-electron chi connectivity index (χ2n) is 14.1. The fraction of sp³-hybridized carbons (Fsp3) is 0.0192. The number of rotatable bonds is 7. The summed E-state index contributed by atoms with van der Waals surface area (Å²) in [6.45, 7) is 4.24. The third kappa shape index (κ3) is 6.41. The Morgan fingerprint density at radius 3 is 1.89 bits per heavy atom. The van der Waals surface area contributed by atoms with Gasteiger partial charge in [-0.3, -0.25) is 4.99 Å². The van der Waals surface area contributed by atoms with Crippen molar-refractivity contribution in [3.8, 4) is 27.9 Å². The van der Waals surface area contributed by atoms with Crippen LogP contribution in [0.2, 0.25) is 0 Å². The predicted molar refractivity (Wildman–Crippen MR) is 238 cm³/mol. The molecular weight excluding hydrogens is 697 g/mol. The van der Waals surface area contributed by atoms with Gasteiger partial charge in [0, 0.05) is 38.4 Å². The van der Waals surface area contributed by atoms with Crippen LogP contribution in [0.4, 0.5) is 0 Å². The van der Waals surface area contributed by atoms with Crippen molar-refractivity contribution in [3.63, 3.8) is 0 Å². The molecule has 0 fully saturated rings. The zero-order valence-corrected chi connectivity index (χ0v) is 31.1. The van der Waals surface area contributed by atoms with Crippen molar-refractivity contribution in [2.45, 2.75) is 6.54 Å². The fourth-order valence-electron chi connectivity index (χ4n) is 7.81. The first-order chi connectivity index (χ1) is 28.2. The van der Waals surface area contributed by atoms with Crippen LogP contribution in [0, 0.1) is 0 Å². The fourth-order valence-corrected chi connectivity index (χ4v) is 7.81. The van der Waals surface area contributed by atoms with Crippen molar-refractivity contribution >= 4 is 62.1 Å². The maximum absolute atomic E-state index is 6.49. The van der Waals surface area contributed by atoms with Gasteiger partial charge in [-0.1, -0.05) is 146 Å². The smallest absolute Gasteiger partial charge is 0.161 e. The third-order valence-electron chi connectivity index (χ3n) is 10.6. The number of para-hydroxylation sites is 1. The maximum Gasteiger partial charge on any atom is 0.161 e. The van der Waals surface area contributed by atoms with Crippen LogP contribution in [0.5, 0.6) is 0 Å². The maximum atomic E-state index is 6.49. The summed E-state index contributed by atoms with van der Waals surface area (Å²) in [5.74, 6) is 1.10. The van der Waals surface area contributed by atoms with Crippen molar-refractivity contribution in [1.29, 1.82) is 0 Å². The van der Waals surface area contributed by atoms with E-state index in [0.717, 1.165) is 61.0 Å². The van der Waals surface area contributed by atoms with Gasteiger partial charge in [0.25, 0.3) is 0 Å². The molecule has 0 saturated carbocycles. The molecule has 0 saturated heterocycles. The first-order valence-corrected chi connectivity index (χ1v) is 19.1. The van der Waals surface area contributed by atoms with Crippen molar-refractivity contribution in [2.24, 2.45) is 15.0 Å². The Morgan fingerprint density at radius 2 is 1.12 bits per heavy atom. The van der Waals surface area contributed by atoms with E-state index in [-0.39, 0.29) is 0 Å². The lowest BCUT2D eigenvalue weighted by Gasteiger charge is -2.09. The zero-order valence-electron chi connectivity index (χ0n) is 31.1. The van der Waals surface area contributed by atoms with E-state index in [4.69, 9.17) is 14.4 Å². The number of amidine groups is 2. The highest BCUT2D eigenvalue weighted by molar-refractivity contribution is 6.13. The highest BCUT2D eigenvalue weighted by atomic mass is 16.3. The molecule has 2 heterocycles. The molecule has 0 N–H and O–H groups in total. The van der Waals surface area contributed by atoms with Crippen LogP contribution in [-0.2, 0) is 6.54 Å². The molecule has 10 rings (SSSR count). The molecule has 10 aromatic rings. The van der Waals surface area contributed by atoms with Crippen LogP contribution in [-0.4, -0.2) is 23.0 Å². The molecule has 2 aromatic heterocycles. The highest BCUT2D eigenvalue weighted by Crippen LogP contribution is 2.37. The molecule has 0 spiro atoms. The molecule has 0 amide bonds. The summed E-state index contributed by atoms with van der Waals surface area (Å²) >= 11 is 0. The molecule has 0 radical (unpaired) electrons. The lowest BCUT2D eigenvalue weighted by Crippen LogP contribution is -2.05. The minimum absolute atomic E-state index is 0.401. The van der Waals surface area contributed by atoms with E-state index < -0.39 is 0 Å². The van der Waals surface area contributed by atoms with E-state index >= 15 is 0 Å². The van der Waals surface area contributed by atoms with Gasteiger partial charge in [0.15, 0.2) is 11.7 Å². The third-order valence-corrected chi connectivity index (χ3v) is 10.6.